The van der Waals surface area contributed by atoms with E-state index in [9.17, 15) is 4.39 Å². The molecule has 1 atom stereocenters. The summed E-state index contributed by atoms with van der Waals surface area (Å²) >= 11 is 0. The van der Waals surface area contributed by atoms with Gasteiger partial charge in [-0.05, 0) is 37.5 Å². The Bertz CT molecular complexity index is 1130. The van der Waals surface area contributed by atoms with Crippen LogP contribution in [0, 0.1) is 5.82 Å². The molecule has 1 aliphatic rings. The van der Waals surface area contributed by atoms with E-state index in [1.54, 1.807) is 0 Å². The van der Waals surface area contributed by atoms with Gasteiger partial charge in [-0.25, -0.2) is 9.37 Å². The van der Waals surface area contributed by atoms with E-state index in [1.165, 1.54) is 12.8 Å². The molecule has 1 saturated carbocycles. The first-order valence-corrected chi connectivity index (χ1v) is 9.35. The highest BCUT2D eigenvalue weighted by Crippen LogP contribution is 2.39. The van der Waals surface area contributed by atoms with Gasteiger partial charge in [0.1, 0.15) is 0 Å². The molecule has 0 aliphatic heterocycles. The second-order valence-electron chi connectivity index (χ2n) is 7.15. The average Bonchev–Trinajstić information content (AvgIpc) is 3.24. The Kier molecular flexibility index (Phi) is 3.96. The summed E-state index contributed by atoms with van der Waals surface area (Å²) in [6, 6.07) is 9.98. The minimum absolute atomic E-state index is 0.0512. The quantitative estimate of drug-likeness (QED) is 0.393. The van der Waals surface area contributed by atoms with Gasteiger partial charge < -0.3 is 15.6 Å². The van der Waals surface area contributed by atoms with Crippen LogP contribution in [0.5, 0.6) is 0 Å². The van der Waals surface area contributed by atoms with Crippen molar-refractivity contribution < 1.29 is 4.39 Å². The highest BCUT2D eigenvalue weighted by Gasteiger charge is 2.25. The molecular formula is C20H20FN7. The Morgan fingerprint density at radius 3 is 3.00 bits per heavy atom. The Morgan fingerprint density at radius 2 is 2.14 bits per heavy atom. The first-order chi connectivity index (χ1) is 13.7. The molecule has 0 unspecified atom stereocenters. The number of rotatable bonds is 6. The van der Waals surface area contributed by atoms with Crippen LogP contribution in [0.2, 0.25) is 0 Å². The first-order valence-electron chi connectivity index (χ1n) is 9.35. The van der Waals surface area contributed by atoms with Crippen LogP contribution in [0.25, 0.3) is 10.9 Å². The summed E-state index contributed by atoms with van der Waals surface area (Å²) in [5.41, 5.74) is 3.25. The number of halogens is 1. The number of anilines is 3. The first kappa shape index (κ1) is 16.7. The van der Waals surface area contributed by atoms with E-state index in [0.29, 0.717) is 17.7 Å². The van der Waals surface area contributed by atoms with Gasteiger partial charge in [0, 0.05) is 34.8 Å². The van der Waals surface area contributed by atoms with Crippen LogP contribution in [0.3, 0.4) is 0 Å². The molecule has 0 radical (unpaired) electrons. The topological polar surface area (TPSA) is 94.3 Å². The average molecular weight is 377 g/mol. The van der Waals surface area contributed by atoms with Crippen molar-refractivity contribution in [2.24, 2.45) is 0 Å². The SMILES string of the molecule is C[C@H](Nc1ncc(F)c(Nc2cc(C3CC3)[nH]n2)n1)c1cccc2[nH]ccc12. The lowest BCUT2D eigenvalue weighted by atomic mass is 10.0. The largest absolute Gasteiger partial charge is 0.361 e. The second-order valence-corrected chi connectivity index (χ2v) is 7.15. The summed E-state index contributed by atoms with van der Waals surface area (Å²) in [7, 11) is 0. The number of hydrogen-bond donors (Lipinski definition) is 4. The van der Waals surface area contributed by atoms with Gasteiger partial charge in [0.05, 0.1) is 12.2 Å². The van der Waals surface area contributed by atoms with Crippen molar-refractivity contribution >= 4 is 28.5 Å². The van der Waals surface area contributed by atoms with Crippen molar-refractivity contribution in [1.29, 1.82) is 0 Å². The number of hydrogen-bond acceptors (Lipinski definition) is 5. The zero-order valence-electron chi connectivity index (χ0n) is 15.3. The molecule has 7 nitrogen and oxygen atoms in total. The predicted octanol–water partition coefficient (Wildman–Crippen LogP) is 4.61. The third-order valence-corrected chi connectivity index (χ3v) is 5.05. The van der Waals surface area contributed by atoms with Crippen molar-refractivity contribution in [2.45, 2.75) is 31.7 Å². The summed E-state index contributed by atoms with van der Waals surface area (Å²) in [4.78, 5) is 11.6. The number of nitrogens with one attached hydrogen (secondary N) is 4. The van der Waals surface area contributed by atoms with Crippen LogP contribution >= 0.6 is 0 Å². The minimum Gasteiger partial charge on any atom is -0.361 e. The van der Waals surface area contributed by atoms with E-state index in [0.717, 1.165) is 28.4 Å². The molecule has 28 heavy (non-hydrogen) atoms. The molecule has 0 amide bonds. The highest BCUT2D eigenvalue weighted by atomic mass is 19.1. The molecule has 0 bridgehead atoms. The molecule has 4 N–H and O–H groups in total. The van der Waals surface area contributed by atoms with Crippen LogP contribution in [0.4, 0.5) is 22.0 Å². The summed E-state index contributed by atoms with van der Waals surface area (Å²) in [6.45, 7) is 2.03. The highest BCUT2D eigenvalue weighted by molar-refractivity contribution is 5.83. The van der Waals surface area contributed by atoms with Crippen LogP contribution in [-0.2, 0) is 0 Å². The number of H-pyrrole nitrogens is 2. The summed E-state index contributed by atoms with van der Waals surface area (Å²) < 4.78 is 14.2. The van der Waals surface area contributed by atoms with Crippen molar-refractivity contribution in [1.82, 2.24) is 25.1 Å². The summed E-state index contributed by atoms with van der Waals surface area (Å²) in [6.07, 6.45) is 5.42. The molecule has 1 fully saturated rings. The molecule has 0 spiro atoms. The molecule has 8 heteroatoms. The number of aromatic amines is 2. The molecule has 3 heterocycles. The number of benzene rings is 1. The number of nitrogens with zero attached hydrogens (tertiary/aromatic N) is 3. The van der Waals surface area contributed by atoms with E-state index in [4.69, 9.17) is 0 Å². The Labute approximate surface area is 160 Å². The lowest BCUT2D eigenvalue weighted by Crippen LogP contribution is -2.11. The van der Waals surface area contributed by atoms with Crippen molar-refractivity contribution in [3.05, 3.63) is 59.8 Å². The van der Waals surface area contributed by atoms with Crippen LogP contribution in [0.1, 0.15) is 43.0 Å². The van der Waals surface area contributed by atoms with Crippen LogP contribution in [0.15, 0.2) is 42.7 Å². The molecule has 0 saturated heterocycles. The molecular weight excluding hydrogens is 357 g/mol. The fraction of sp³-hybridized carbons (Fsp3) is 0.250. The number of fused-ring (bicyclic) bond motifs is 1. The van der Waals surface area contributed by atoms with Gasteiger partial charge in [0.2, 0.25) is 5.95 Å². The van der Waals surface area contributed by atoms with Gasteiger partial charge in [-0.2, -0.15) is 10.1 Å². The maximum atomic E-state index is 14.2. The predicted molar refractivity (Wildman–Crippen MR) is 106 cm³/mol. The molecule has 1 aromatic carbocycles. The molecule has 142 valence electrons. The minimum atomic E-state index is -0.526. The number of aromatic nitrogens is 5. The monoisotopic (exact) mass is 377 g/mol. The lowest BCUT2D eigenvalue weighted by molar-refractivity contribution is 0.618. The van der Waals surface area contributed by atoms with E-state index in [-0.39, 0.29) is 11.9 Å². The van der Waals surface area contributed by atoms with Crippen LogP contribution < -0.4 is 10.6 Å². The standard InChI is InChI=1S/C20H20FN7/c1-11(13-3-2-4-16-14(13)7-8-22-16)24-20-23-10-15(21)19(26-20)25-18-9-17(27-28-18)12-5-6-12/h2-4,7-12,22H,5-6H2,1H3,(H3,23,24,25,26,27,28)/t11-/m0/s1. The van der Waals surface area contributed by atoms with Crippen LogP contribution in [-0.4, -0.2) is 25.1 Å². The summed E-state index contributed by atoms with van der Waals surface area (Å²) in [5, 5.41) is 14.5. The maximum absolute atomic E-state index is 14.2. The van der Waals surface area contributed by atoms with Crippen molar-refractivity contribution in [2.75, 3.05) is 10.6 Å². The fourth-order valence-corrected chi connectivity index (χ4v) is 3.41. The molecule has 3 aromatic heterocycles. The lowest BCUT2D eigenvalue weighted by Gasteiger charge is -2.16. The van der Waals surface area contributed by atoms with E-state index in [1.807, 2.05) is 37.4 Å². The molecule has 4 aromatic rings. The Hall–Kier alpha value is -3.42. The zero-order valence-corrected chi connectivity index (χ0v) is 15.3. The Morgan fingerprint density at radius 1 is 1.25 bits per heavy atom. The normalized spacial score (nSPS) is 14.9. The third kappa shape index (κ3) is 3.17. The molecule has 1 aliphatic carbocycles. The van der Waals surface area contributed by atoms with Gasteiger partial charge >= 0.3 is 0 Å². The van der Waals surface area contributed by atoms with E-state index in [2.05, 4.69) is 41.8 Å². The van der Waals surface area contributed by atoms with Gasteiger partial charge in [0.15, 0.2) is 17.5 Å². The second kappa shape index (κ2) is 6.63. The Balaban J connectivity index is 1.36. The van der Waals surface area contributed by atoms with E-state index < -0.39 is 5.82 Å². The van der Waals surface area contributed by atoms with Gasteiger partial charge in [0.25, 0.3) is 0 Å². The summed E-state index contributed by atoms with van der Waals surface area (Å²) in [5.74, 6) is 1.02. The molecule has 5 rings (SSSR count). The zero-order chi connectivity index (χ0) is 19.1. The van der Waals surface area contributed by atoms with E-state index >= 15 is 0 Å². The maximum Gasteiger partial charge on any atom is 0.225 e. The van der Waals surface area contributed by atoms with Crippen molar-refractivity contribution in [3.8, 4) is 0 Å². The van der Waals surface area contributed by atoms with Crippen molar-refractivity contribution in [3.63, 3.8) is 0 Å². The van der Waals surface area contributed by atoms with Gasteiger partial charge in [-0.3, -0.25) is 5.10 Å². The van der Waals surface area contributed by atoms with Gasteiger partial charge in [-0.1, -0.05) is 12.1 Å². The smallest absolute Gasteiger partial charge is 0.225 e. The fourth-order valence-electron chi connectivity index (χ4n) is 3.41. The third-order valence-electron chi connectivity index (χ3n) is 5.05. The van der Waals surface area contributed by atoms with Gasteiger partial charge in [-0.15, -0.1) is 0 Å².